The molecule has 0 saturated carbocycles. The number of hydrogen-bond acceptors (Lipinski definition) is 8. The van der Waals surface area contributed by atoms with Gasteiger partial charge in [0.1, 0.15) is 5.75 Å². The van der Waals surface area contributed by atoms with Crippen molar-refractivity contribution >= 4 is 17.7 Å². The van der Waals surface area contributed by atoms with Crippen LogP contribution in [0.15, 0.2) is 59.0 Å². The third-order valence-corrected chi connectivity index (χ3v) is 3.66. The van der Waals surface area contributed by atoms with Crippen LogP contribution in [0.2, 0.25) is 0 Å². The van der Waals surface area contributed by atoms with Crippen LogP contribution >= 0.6 is 0 Å². The molecule has 3 rings (SSSR count). The average Bonchev–Trinajstić information content (AvgIpc) is 3.20. The van der Waals surface area contributed by atoms with E-state index in [1.54, 1.807) is 37.5 Å². The summed E-state index contributed by atoms with van der Waals surface area (Å²) in [6.45, 7) is -0.189. The summed E-state index contributed by atoms with van der Waals surface area (Å²) in [5.41, 5.74) is 1.30. The van der Waals surface area contributed by atoms with E-state index in [0.29, 0.717) is 5.56 Å². The number of aromatic nitrogens is 2. The maximum Gasteiger partial charge on any atom is 0.331 e. The first-order valence-electron chi connectivity index (χ1n) is 8.11. The lowest BCUT2D eigenvalue weighted by Gasteiger charge is -1.99. The Kier molecular flexibility index (Phi) is 5.75. The summed E-state index contributed by atoms with van der Waals surface area (Å²) in [6.07, 6.45) is 2.90. The van der Waals surface area contributed by atoms with Crippen LogP contribution in [-0.4, -0.2) is 28.2 Å². The van der Waals surface area contributed by atoms with Crippen molar-refractivity contribution in [3.8, 4) is 17.2 Å². The second-order valence-electron chi connectivity index (χ2n) is 5.52. The summed E-state index contributed by atoms with van der Waals surface area (Å²) in [7, 11) is 1.58. The largest absolute Gasteiger partial charge is 0.497 e. The summed E-state index contributed by atoms with van der Waals surface area (Å²) >= 11 is 0. The number of nitro groups is 1. The lowest BCUT2D eigenvalue weighted by atomic mass is 10.2. The second kappa shape index (κ2) is 8.58. The lowest BCUT2D eigenvalue weighted by molar-refractivity contribution is -0.384. The predicted molar refractivity (Wildman–Crippen MR) is 98.2 cm³/mol. The minimum Gasteiger partial charge on any atom is -0.497 e. The number of rotatable bonds is 7. The summed E-state index contributed by atoms with van der Waals surface area (Å²) in [6, 6.07) is 12.8. The smallest absolute Gasteiger partial charge is 0.331 e. The van der Waals surface area contributed by atoms with Crippen molar-refractivity contribution in [3.63, 3.8) is 0 Å². The third-order valence-electron chi connectivity index (χ3n) is 3.66. The summed E-state index contributed by atoms with van der Waals surface area (Å²) in [5, 5.41) is 18.3. The Hall–Kier alpha value is -4.01. The van der Waals surface area contributed by atoms with E-state index in [-0.39, 0.29) is 24.1 Å². The molecule has 0 aliphatic carbocycles. The van der Waals surface area contributed by atoms with Crippen LogP contribution < -0.4 is 4.74 Å². The van der Waals surface area contributed by atoms with Gasteiger partial charge in [0.05, 0.1) is 12.0 Å². The second-order valence-corrected chi connectivity index (χ2v) is 5.52. The molecule has 0 spiro atoms. The van der Waals surface area contributed by atoms with Crippen molar-refractivity contribution in [3.05, 3.63) is 76.2 Å². The molecule has 0 radical (unpaired) electrons. The van der Waals surface area contributed by atoms with Gasteiger partial charge in [0.15, 0.2) is 6.61 Å². The van der Waals surface area contributed by atoms with E-state index >= 15 is 0 Å². The fourth-order valence-electron chi connectivity index (χ4n) is 2.21. The first-order valence-corrected chi connectivity index (χ1v) is 8.11. The maximum absolute atomic E-state index is 11.8. The number of methoxy groups -OCH3 is 1. The minimum atomic E-state index is -0.564. The molecular weight excluding hydrogens is 366 g/mol. The van der Waals surface area contributed by atoms with Gasteiger partial charge in [0, 0.05) is 23.8 Å². The molecule has 0 N–H and O–H groups in total. The first-order chi connectivity index (χ1) is 13.5. The van der Waals surface area contributed by atoms with E-state index in [1.807, 2.05) is 0 Å². The summed E-state index contributed by atoms with van der Waals surface area (Å²) < 4.78 is 15.5. The Labute approximate surface area is 159 Å². The van der Waals surface area contributed by atoms with Gasteiger partial charge in [-0.1, -0.05) is 12.1 Å². The van der Waals surface area contributed by atoms with Crippen LogP contribution in [0, 0.1) is 10.1 Å². The summed E-state index contributed by atoms with van der Waals surface area (Å²) in [4.78, 5) is 22.0. The highest BCUT2D eigenvalue weighted by Gasteiger charge is 2.12. The Morgan fingerprint density at radius 1 is 1.14 bits per heavy atom. The number of esters is 1. The van der Waals surface area contributed by atoms with Crippen LogP contribution in [0.25, 0.3) is 17.5 Å². The van der Waals surface area contributed by atoms with Crippen molar-refractivity contribution < 1.29 is 23.6 Å². The molecule has 3 aromatic rings. The number of nitro benzene ring substituents is 1. The van der Waals surface area contributed by atoms with Gasteiger partial charge in [-0.05, 0) is 35.9 Å². The van der Waals surface area contributed by atoms with Crippen LogP contribution in [0.1, 0.15) is 11.5 Å². The van der Waals surface area contributed by atoms with Gasteiger partial charge in [-0.15, -0.1) is 10.2 Å². The monoisotopic (exact) mass is 381 g/mol. The number of carbonyl (C=O) groups is 1. The molecular formula is C19H15N3O6. The zero-order valence-electron chi connectivity index (χ0n) is 14.8. The Bertz CT molecular complexity index is 993. The fraction of sp³-hybridized carbons (Fsp3) is 0.105. The highest BCUT2D eigenvalue weighted by Crippen LogP contribution is 2.21. The molecule has 1 heterocycles. The SMILES string of the molecule is COc1ccc(C=CC(=O)OCc2nnc(-c3ccc([N+](=O)[O-])cc3)o2)cc1. The molecule has 1 aromatic heterocycles. The fourth-order valence-corrected chi connectivity index (χ4v) is 2.21. The molecule has 2 aromatic carbocycles. The van der Waals surface area contributed by atoms with Crippen molar-refractivity contribution in [2.45, 2.75) is 6.61 Å². The quantitative estimate of drug-likeness (QED) is 0.264. The molecule has 9 heteroatoms. The number of non-ortho nitro benzene ring substituents is 1. The van der Waals surface area contributed by atoms with Crippen LogP contribution in [0.4, 0.5) is 5.69 Å². The summed E-state index contributed by atoms with van der Waals surface area (Å²) in [5.74, 6) is 0.445. The normalized spacial score (nSPS) is 10.8. The predicted octanol–water partition coefficient (Wildman–Crippen LogP) is 3.41. The van der Waals surface area contributed by atoms with Gasteiger partial charge >= 0.3 is 5.97 Å². The molecule has 0 bridgehead atoms. The molecule has 0 amide bonds. The van der Waals surface area contributed by atoms with E-state index < -0.39 is 10.9 Å². The molecule has 0 aliphatic heterocycles. The number of benzene rings is 2. The Morgan fingerprint density at radius 3 is 2.50 bits per heavy atom. The zero-order valence-corrected chi connectivity index (χ0v) is 14.8. The van der Waals surface area contributed by atoms with Gasteiger partial charge in [0.25, 0.3) is 11.6 Å². The number of carbonyl (C=O) groups excluding carboxylic acids is 1. The zero-order chi connectivity index (χ0) is 19.9. The average molecular weight is 381 g/mol. The minimum absolute atomic E-state index is 0.0407. The highest BCUT2D eigenvalue weighted by atomic mass is 16.6. The first kappa shape index (κ1) is 18.8. The van der Waals surface area contributed by atoms with Crippen LogP contribution in [-0.2, 0) is 16.1 Å². The molecule has 0 fully saturated rings. The van der Waals surface area contributed by atoms with Gasteiger partial charge in [-0.25, -0.2) is 4.79 Å². The molecule has 9 nitrogen and oxygen atoms in total. The van der Waals surface area contributed by atoms with E-state index in [2.05, 4.69) is 10.2 Å². The standard InChI is InChI=1S/C19H15N3O6/c1-26-16-9-2-13(3-10-16)4-11-18(23)27-12-17-20-21-19(28-17)14-5-7-15(8-6-14)22(24)25/h2-11H,12H2,1H3. The third kappa shape index (κ3) is 4.79. The molecule has 0 unspecified atom stereocenters. The van der Waals surface area contributed by atoms with Crippen LogP contribution in [0.3, 0.4) is 0 Å². The van der Waals surface area contributed by atoms with Gasteiger partial charge < -0.3 is 13.9 Å². The Balaban J connectivity index is 1.55. The van der Waals surface area contributed by atoms with Crippen molar-refractivity contribution in [2.75, 3.05) is 7.11 Å². The molecule has 142 valence electrons. The van der Waals surface area contributed by atoms with Crippen molar-refractivity contribution in [2.24, 2.45) is 0 Å². The number of hydrogen-bond donors (Lipinski definition) is 0. The van der Waals surface area contributed by atoms with Crippen molar-refractivity contribution in [1.29, 1.82) is 0 Å². The number of nitrogens with zero attached hydrogens (tertiary/aromatic N) is 3. The van der Waals surface area contributed by atoms with Gasteiger partial charge in [-0.2, -0.15) is 0 Å². The van der Waals surface area contributed by atoms with E-state index in [1.165, 1.54) is 30.3 Å². The van der Waals surface area contributed by atoms with Gasteiger partial charge in [-0.3, -0.25) is 10.1 Å². The van der Waals surface area contributed by atoms with Crippen LogP contribution in [0.5, 0.6) is 5.75 Å². The highest BCUT2D eigenvalue weighted by molar-refractivity contribution is 5.87. The van der Waals surface area contributed by atoms with E-state index in [9.17, 15) is 14.9 Å². The van der Waals surface area contributed by atoms with E-state index in [0.717, 1.165) is 11.3 Å². The number of ether oxygens (including phenoxy) is 2. The molecule has 28 heavy (non-hydrogen) atoms. The lowest BCUT2D eigenvalue weighted by Crippen LogP contribution is -2.00. The van der Waals surface area contributed by atoms with E-state index in [4.69, 9.17) is 13.9 Å². The molecule has 0 atom stereocenters. The molecule has 0 aliphatic rings. The maximum atomic E-state index is 11.8. The Morgan fingerprint density at radius 2 is 1.86 bits per heavy atom. The topological polar surface area (TPSA) is 118 Å². The van der Waals surface area contributed by atoms with Crippen molar-refractivity contribution in [1.82, 2.24) is 10.2 Å². The molecule has 0 saturated heterocycles. The van der Waals surface area contributed by atoms with Gasteiger partial charge in [0.2, 0.25) is 5.89 Å².